The molecule has 0 radical (unpaired) electrons. The number of carbonyl (C=O) groups is 1. The zero-order valence-electron chi connectivity index (χ0n) is 13.5. The Kier molecular flexibility index (Phi) is 6.96. The second kappa shape index (κ2) is 8.73. The SMILES string of the molecule is CN(C)CCN(CC1CCCO1)C(=O)Nc1ccc(Cl)c(Cl)c1. The largest absolute Gasteiger partial charge is 0.376 e. The van der Waals surface area contributed by atoms with Crippen LogP contribution in [0.5, 0.6) is 0 Å². The highest BCUT2D eigenvalue weighted by atomic mass is 35.5. The smallest absolute Gasteiger partial charge is 0.321 e. The number of nitrogens with one attached hydrogen (secondary N) is 1. The van der Waals surface area contributed by atoms with Gasteiger partial charge in [0.1, 0.15) is 0 Å². The highest BCUT2D eigenvalue weighted by Crippen LogP contribution is 2.25. The summed E-state index contributed by atoms with van der Waals surface area (Å²) in [6.07, 6.45) is 2.18. The van der Waals surface area contributed by atoms with Crippen molar-refractivity contribution in [3.05, 3.63) is 28.2 Å². The molecule has 128 valence electrons. The van der Waals surface area contributed by atoms with Crippen LogP contribution in [0, 0.1) is 0 Å². The van der Waals surface area contributed by atoms with Crippen LogP contribution in [0.4, 0.5) is 10.5 Å². The Hall–Kier alpha value is -1.01. The van der Waals surface area contributed by atoms with Crippen molar-refractivity contribution in [3.8, 4) is 0 Å². The Balaban J connectivity index is 1.99. The van der Waals surface area contributed by atoms with Gasteiger partial charge in [-0.3, -0.25) is 0 Å². The first-order valence-electron chi connectivity index (χ1n) is 7.73. The van der Waals surface area contributed by atoms with Gasteiger partial charge in [0, 0.05) is 31.9 Å². The number of halogens is 2. The van der Waals surface area contributed by atoms with Gasteiger partial charge in [0.05, 0.1) is 16.1 Å². The van der Waals surface area contributed by atoms with Crippen LogP contribution < -0.4 is 5.32 Å². The maximum atomic E-state index is 12.6. The Morgan fingerprint density at radius 2 is 2.09 bits per heavy atom. The topological polar surface area (TPSA) is 44.8 Å². The fraction of sp³-hybridized carbons (Fsp3) is 0.562. The molecule has 0 spiro atoms. The summed E-state index contributed by atoms with van der Waals surface area (Å²) in [4.78, 5) is 16.4. The minimum Gasteiger partial charge on any atom is -0.376 e. The van der Waals surface area contributed by atoms with Crippen LogP contribution in [-0.2, 0) is 4.74 Å². The van der Waals surface area contributed by atoms with Crippen LogP contribution in [0.3, 0.4) is 0 Å². The van der Waals surface area contributed by atoms with Crippen LogP contribution >= 0.6 is 23.2 Å². The van der Waals surface area contributed by atoms with Crippen molar-refractivity contribution in [1.29, 1.82) is 0 Å². The molecule has 23 heavy (non-hydrogen) atoms. The first kappa shape index (κ1) is 18.3. The van der Waals surface area contributed by atoms with E-state index in [1.807, 2.05) is 14.1 Å². The lowest BCUT2D eigenvalue weighted by Crippen LogP contribution is -2.43. The van der Waals surface area contributed by atoms with Crippen molar-refractivity contribution >= 4 is 34.9 Å². The first-order chi connectivity index (χ1) is 11.0. The highest BCUT2D eigenvalue weighted by Gasteiger charge is 2.22. The van der Waals surface area contributed by atoms with Crippen molar-refractivity contribution in [1.82, 2.24) is 9.80 Å². The van der Waals surface area contributed by atoms with Crippen LogP contribution in [0.15, 0.2) is 18.2 Å². The Morgan fingerprint density at radius 1 is 1.30 bits per heavy atom. The molecule has 1 atom stereocenters. The zero-order valence-corrected chi connectivity index (χ0v) is 15.0. The molecule has 2 rings (SSSR count). The molecule has 2 amide bonds. The van der Waals surface area contributed by atoms with Crippen LogP contribution in [-0.4, -0.2) is 62.3 Å². The van der Waals surface area contributed by atoms with E-state index in [9.17, 15) is 4.79 Å². The molecular weight excluding hydrogens is 337 g/mol. The standard InChI is InChI=1S/C16H23Cl2N3O2/c1-20(2)7-8-21(11-13-4-3-9-23-13)16(22)19-12-5-6-14(17)15(18)10-12/h5-6,10,13H,3-4,7-9,11H2,1-2H3,(H,19,22). The molecule has 1 heterocycles. The number of likely N-dealkylation sites (N-methyl/N-ethyl adjacent to an activating group) is 1. The fourth-order valence-corrected chi connectivity index (χ4v) is 2.71. The van der Waals surface area contributed by atoms with E-state index in [4.69, 9.17) is 27.9 Å². The van der Waals surface area contributed by atoms with Gasteiger partial charge in [0.25, 0.3) is 0 Å². The van der Waals surface area contributed by atoms with Crippen molar-refractivity contribution in [2.24, 2.45) is 0 Å². The highest BCUT2D eigenvalue weighted by molar-refractivity contribution is 6.42. The average Bonchev–Trinajstić information content (AvgIpc) is 3.00. The van der Waals surface area contributed by atoms with Crippen molar-refractivity contribution < 1.29 is 9.53 Å². The summed E-state index contributed by atoms with van der Waals surface area (Å²) in [5.74, 6) is 0. The van der Waals surface area contributed by atoms with E-state index >= 15 is 0 Å². The predicted octanol–water partition coefficient (Wildman–Crippen LogP) is 3.57. The number of hydrogen-bond acceptors (Lipinski definition) is 3. The van der Waals surface area contributed by atoms with E-state index in [0.717, 1.165) is 26.0 Å². The molecule has 5 nitrogen and oxygen atoms in total. The normalized spacial score (nSPS) is 17.5. The number of nitrogens with zero attached hydrogens (tertiary/aromatic N) is 2. The lowest BCUT2D eigenvalue weighted by atomic mass is 10.2. The maximum absolute atomic E-state index is 12.6. The first-order valence-corrected chi connectivity index (χ1v) is 8.48. The van der Waals surface area contributed by atoms with Crippen LogP contribution in [0.1, 0.15) is 12.8 Å². The summed E-state index contributed by atoms with van der Waals surface area (Å²) in [7, 11) is 3.97. The van der Waals surface area contributed by atoms with Gasteiger partial charge in [-0.05, 0) is 45.1 Å². The molecule has 1 saturated heterocycles. The fourth-order valence-electron chi connectivity index (χ4n) is 2.41. The van der Waals surface area contributed by atoms with E-state index in [1.54, 1.807) is 23.1 Å². The summed E-state index contributed by atoms with van der Waals surface area (Å²) in [5, 5.41) is 3.76. The minimum absolute atomic E-state index is 0.122. The van der Waals surface area contributed by atoms with Crippen LogP contribution in [0.25, 0.3) is 0 Å². The molecule has 1 N–H and O–H groups in total. The van der Waals surface area contributed by atoms with Gasteiger partial charge in [-0.2, -0.15) is 0 Å². The summed E-state index contributed by atoms with van der Waals surface area (Å²) in [5.41, 5.74) is 0.631. The molecular formula is C16H23Cl2N3O2. The predicted molar refractivity (Wildman–Crippen MR) is 94.6 cm³/mol. The summed E-state index contributed by atoms with van der Waals surface area (Å²) < 4.78 is 5.65. The Labute approximate surface area is 147 Å². The number of urea groups is 1. The van der Waals surface area contributed by atoms with E-state index in [-0.39, 0.29) is 12.1 Å². The third kappa shape index (κ3) is 5.84. The Morgan fingerprint density at radius 3 is 2.70 bits per heavy atom. The molecule has 1 unspecified atom stereocenters. The van der Waals surface area contributed by atoms with Gasteiger partial charge >= 0.3 is 6.03 Å². The molecule has 1 aromatic rings. The second-order valence-electron chi connectivity index (χ2n) is 5.94. The number of anilines is 1. The van der Waals surface area contributed by atoms with Gasteiger partial charge in [-0.15, -0.1) is 0 Å². The van der Waals surface area contributed by atoms with E-state index in [2.05, 4.69) is 10.2 Å². The number of carbonyl (C=O) groups excluding carboxylic acids is 1. The van der Waals surface area contributed by atoms with Gasteiger partial charge in [-0.25, -0.2) is 4.79 Å². The minimum atomic E-state index is -0.152. The van der Waals surface area contributed by atoms with E-state index in [1.165, 1.54) is 0 Å². The number of rotatable bonds is 6. The zero-order chi connectivity index (χ0) is 16.8. The number of hydrogen-bond donors (Lipinski definition) is 1. The van der Waals surface area contributed by atoms with Gasteiger partial charge < -0.3 is 19.9 Å². The monoisotopic (exact) mass is 359 g/mol. The Bertz CT molecular complexity index is 534. The molecule has 1 aromatic carbocycles. The molecule has 0 bridgehead atoms. The van der Waals surface area contributed by atoms with Gasteiger partial charge in [-0.1, -0.05) is 23.2 Å². The molecule has 1 aliphatic rings. The van der Waals surface area contributed by atoms with Gasteiger partial charge in [0.2, 0.25) is 0 Å². The lowest BCUT2D eigenvalue weighted by Gasteiger charge is -2.27. The summed E-state index contributed by atoms with van der Waals surface area (Å²) in [6.45, 7) is 2.81. The number of ether oxygens (including phenoxy) is 1. The number of benzene rings is 1. The molecule has 0 saturated carbocycles. The van der Waals surface area contributed by atoms with Crippen molar-refractivity contribution in [3.63, 3.8) is 0 Å². The average molecular weight is 360 g/mol. The maximum Gasteiger partial charge on any atom is 0.321 e. The quantitative estimate of drug-likeness (QED) is 0.844. The molecule has 0 aromatic heterocycles. The molecule has 0 aliphatic carbocycles. The summed E-state index contributed by atoms with van der Waals surface area (Å²) in [6, 6.07) is 4.91. The molecule has 1 aliphatic heterocycles. The van der Waals surface area contributed by atoms with E-state index in [0.29, 0.717) is 28.8 Å². The third-order valence-electron chi connectivity index (χ3n) is 3.72. The summed E-state index contributed by atoms with van der Waals surface area (Å²) >= 11 is 11.9. The van der Waals surface area contributed by atoms with E-state index < -0.39 is 0 Å². The second-order valence-corrected chi connectivity index (χ2v) is 6.76. The lowest BCUT2D eigenvalue weighted by molar-refractivity contribution is 0.0820. The van der Waals surface area contributed by atoms with Crippen molar-refractivity contribution in [2.75, 3.05) is 45.7 Å². The third-order valence-corrected chi connectivity index (χ3v) is 4.46. The van der Waals surface area contributed by atoms with Crippen LogP contribution in [0.2, 0.25) is 10.0 Å². The van der Waals surface area contributed by atoms with Crippen molar-refractivity contribution in [2.45, 2.75) is 18.9 Å². The van der Waals surface area contributed by atoms with Gasteiger partial charge in [0.15, 0.2) is 0 Å². The number of amides is 2. The molecule has 7 heteroatoms. The molecule has 1 fully saturated rings.